The van der Waals surface area contributed by atoms with Crippen LogP contribution in [0.15, 0.2) is 4.79 Å². The van der Waals surface area contributed by atoms with Crippen LogP contribution < -0.4 is 10.9 Å². The Morgan fingerprint density at radius 2 is 2.12 bits per heavy atom. The molecule has 16 heavy (non-hydrogen) atoms. The van der Waals surface area contributed by atoms with Crippen LogP contribution >= 0.6 is 0 Å². The van der Waals surface area contributed by atoms with Crippen LogP contribution in [0.1, 0.15) is 30.1 Å². The maximum Gasteiger partial charge on any atom is 0.267 e. The van der Waals surface area contributed by atoms with Crippen molar-refractivity contribution in [2.24, 2.45) is 0 Å². The molecule has 0 unspecified atom stereocenters. The fraction of sp³-hybridized carbons (Fsp3) is 0.727. The minimum absolute atomic E-state index is 0.1000. The molecule has 0 amide bonds. The minimum Gasteiger partial charge on any atom is -0.381 e. The van der Waals surface area contributed by atoms with Crippen molar-refractivity contribution in [3.63, 3.8) is 0 Å². The summed E-state index contributed by atoms with van der Waals surface area (Å²) in [6.07, 6.45) is 2.84. The second-order valence-electron chi connectivity index (χ2n) is 4.51. The number of hydrogen-bond donors (Lipinski definition) is 2. The van der Waals surface area contributed by atoms with E-state index in [4.69, 9.17) is 4.74 Å². The third-order valence-electron chi connectivity index (χ3n) is 3.54. The van der Waals surface area contributed by atoms with Crippen molar-refractivity contribution in [3.05, 3.63) is 21.6 Å². The summed E-state index contributed by atoms with van der Waals surface area (Å²) in [4.78, 5) is 11.8. The lowest BCUT2D eigenvalue weighted by atomic mass is 10.1. The summed E-state index contributed by atoms with van der Waals surface area (Å²) in [6.45, 7) is 3.32. The number of aromatic nitrogens is 2. The Morgan fingerprint density at radius 3 is 2.94 bits per heavy atom. The molecule has 2 N–H and O–H groups in total. The van der Waals surface area contributed by atoms with Crippen molar-refractivity contribution in [2.45, 2.75) is 31.8 Å². The smallest absolute Gasteiger partial charge is 0.267 e. The average molecular weight is 223 g/mol. The Bertz CT molecular complexity index is 429. The molecule has 0 bridgehead atoms. The van der Waals surface area contributed by atoms with Gasteiger partial charge in [-0.05, 0) is 25.8 Å². The number of nitrogens with one attached hydrogen (secondary N) is 2. The van der Waals surface area contributed by atoms with Gasteiger partial charge in [-0.2, -0.15) is 0 Å². The highest BCUT2D eigenvalue weighted by Gasteiger charge is 2.24. The van der Waals surface area contributed by atoms with E-state index in [1.54, 1.807) is 0 Å². The third kappa shape index (κ3) is 1.60. The van der Waals surface area contributed by atoms with Gasteiger partial charge in [-0.1, -0.05) is 0 Å². The standard InChI is InChI=1S/C11H17N3O2/c15-11-9-1-4-12-7-10(9)14(13-11)8-2-5-16-6-3-8/h8,12H,1-7H2,(H,13,15). The van der Waals surface area contributed by atoms with E-state index in [0.29, 0.717) is 6.04 Å². The Labute approximate surface area is 93.8 Å². The van der Waals surface area contributed by atoms with Gasteiger partial charge in [0.2, 0.25) is 0 Å². The van der Waals surface area contributed by atoms with Gasteiger partial charge < -0.3 is 10.1 Å². The molecule has 0 atom stereocenters. The van der Waals surface area contributed by atoms with E-state index in [1.807, 2.05) is 0 Å². The van der Waals surface area contributed by atoms with Crippen molar-refractivity contribution < 1.29 is 4.74 Å². The number of aromatic amines is 1. The zero-order valence-corrected chi connectivity index (χ0v) is 9.29. The first kappa shape index (κ1) is 10.1. The highest BCUT2D eigenvalue weighted by molar-refractivity contribution is 5.21. The second kappa shape index (κ2) is 4.07. The van der Waals surface area contributed by atoms with Gasteiger partial charge in [0.25, 0.3) is 5.56 Å². The molecule has 0 aromatic carbocycles. The summed E-state index contributed by atoms with van der Waals surface area (Å²) in [5.41, 5.74) is 2.23. The monoisotopic (exact) mass is 223 g/mol. The predicted octanol–water partition coefficient (Wildman–Crippen LogP) is 0.174. The number of ether oxygens (including phenoxy) is 1. The topological polar surface area (TPSA) is 59.0 Å². The van der Waals surface area contributed by atoms with Crippen LogP contribution in [-0.4, -0.2) is 29.5 Å². The van der Waals surface area contributed by atoms with Gasteiger partial charge in [-0.25, -0.2) is 0 Å². The molecule has 5 heteroatoms. The van der Waals surface area contributed by atoms with E-state index in [2.05, 4.69) is 15.1 Å². The number of rotatable bonds is 1. The lowest BCUT2D eigenvalue weighted by Crippen LogP contribution is -2.29. The van der Waals surface area contributed by atoms with Gasteiger partial charge in [0.1, 0.15) is 0 Å². The molecule has 88 valence electrons. The largest absolute Gasteiger partial charge is 0.381 e. The summed E-state index contributed by atoms with van der Waals surface area (Å²) in [5.74, 6) is 0. The molecule has 1 aromatic heterocycles. The summed E-state index contributed by atoms with van der Waals surface area (Å²) >= 11 is 0. The maximum absolute atomic E-state index is 11.8. The molecule has 0 saturated carbocycles. The second-order valence-corrected chi connectivity index (χ2v) is 4.51. The number of nitrogens with zero attached hydrogens (tertiary/aromatic N) is 1. The molecule has 0 radical (unpaired) electrons. The first-order chi connectivity index (χ1) is 7.86. The van der Waals surface area contributed by atoms with E-state index in [0.717, 1.165) is 56.8 Å². The van der Waals surface area contributed by atoms with Crippen molar-refractivity contribution in [1.29, 1.82) is 0 Å². The van der Waals surface area contributed by atoms with Crippen molar-refractivity contribution >= 4 is 0 Å². The van der Waals surface area contributed by atoms with Gasteiger partial charge >= 0.3 is 0 Å². The Balaban J connectivity index is 1.97. The van der Waals surface area contributed by atoms with E-state index in [-0.39, 0.29) is 5.56 Å². The maximum atomic E-state index is 11.8. The molecule has 2 aliphatic rings. The van der Waals surface area contributed by atoms with Gasteiger partial charge in [-0.3, -0.25) is 14.6 Å². The highest BCUT2D eigenvalue weighted by Crippen LogP contribution is 2.23. The molecule has 5 nitrogen and oxygen atoms in total. The molecule has 1 saturated heterocycles. The number of H-pyrrole nitrogens is 1. The van der Waals surface area contributed by atoms with E-state index in [1.165, 1.54) is 0 Å². The predicted molar refractivity (Wildman–Crippen MR) is 59.6 cm³/mol. The normalized spacial score (nSPS) is 22.0. The Hall–Kier alpha value is -1.07. The first-order valence-electron chi connectivity index (χ1n) is 5.97. The fourth-order valence-electron chi connectivity index (χ4n) is 2.65. The van der Waals surface area contributed by atoms with Gasteiger partial charge in [-0.15, -0.1) is 0 Å². The Morgan fingerprint density at radius 1 is 1.31 bits per heavy atom. The molecule has 3 heterocycles. The molecule has 0 spiro atoms. The quantitative estimate of drug-likeness (QED) is 0.713. The Kier molecular flexibility index (Phi) is 2.57. The van der Waals surface area contributed by atoms with Crippen LogP contribution in [0.25, 0.3) is 0 Å². The van der Waals surface area contributed by atoms with Gasteiger partial charge in [0, 0.05) is 25.3 Å². The SMILES string of the molecule is O=c1[nH]n(C2CCOCC2)c2c1CCNC2. The molecule has 1 aromatic rings. The van der Waals surface area contributed by atoms with Crippen molar-refractivity contribution in [2.75, 3.05) is 19.8 Å². The molecule has 0 aliphatic carbocycles. The fourth-order valence-corrected chi connectivity index (χ4v) is 2.65. The van der Waals surface area contributed by atoms with E-state index < -0.39 is 0 Å². The summed E-state index contributed by atoms with van der Waals surface area (Å²) < 4.78 is 7.43. The molecule has 2 aliphatic heterocycles. The lowest BCUT2D eigenvalue weighted by Gasteiger charge is -2.26. The molecule has 1 fully saturated rings. The summed E-state index contributed by atoms with van der Waals surface area (Å²) in [7, 11) is 0. The molecular weight excluding hydrogens is 206 g/mol. The first-order valence-corrected chi connectivity index (χ1v) is 5.97. The van der Waals surface area contributed by atoms with Crippen LogP contribution in [0.2, 0.25) is 0 Å². The zero-order valence-electron chi connectivity index (χ0n) is 9.29. The van der Waals surface area contributed by atoms with Crippen molar-refractivity contribution in [1.82, 2.24) is 15.1 Å². The summed E-state index contributed by atoms with van der Waals surface area (Å²) in [6, 6.07) is 0.407. The van der Waals surface area contributed by atoms with Crippen LogP contribution in [-0.2, 0) is 17.7 Å². The highest BCUT2D eigenvalue weighted by atomic mass is 16.5. The van der Waals surface area contributed by atoms with Crippen LogP contribution in [0, 0.1) is 0 Å². The van der Waals surface area contributed by atoms with Gasteiger partial charge in [0.05, 0.1) is 11.7 Å². The third-order valence-corrected chi connectivity index (χ3v) is 3.54. The van der Waals surface area contributed by atoms with Gasteiger partial charge in [0.15, 0.2) is 0 Å². The lowest BCUT2D eigenvalue weighted by molar-refractivity contribution is 0.0651. The van der Waals surface area contributed by atoms with Crippen LogP contribution in [0.4, 0.5) is 0 Å². The molecular formula is C11H17N3O2. The minimum atomic E-state index is 0.1000. The van der Waals surface area contributed by atoms with E-state index >= 15 is 0 Å². The van der Waals surface area contributed by atoms with Crippen LogP contribution in [0.3, 0.4) is 0 Å². The van der Waals surface area contributed by atoms with Crippen molar-refractivity contribution in [3.8, 4) is 0 Å². The number of hydrogen-bond acceptors (Lipinski definition) is 3. The van der Waals surface area contributed by atoms with E-state index in [9.17, 15) is 4.79 Å². The average Bonchev–Trinajstić information content (AvgIpc) is 2.69. The van der Waals surface area contributed by atoms with Crippen LogP contribution in [0.5, 0.6) is 0 Å². The number of fused-ring (bicyclic) bond motifs is 1. The summed E-state index contributed by atoms with van der Waals surface area (Å²) in [5, 5.41) is 6.31. The molecule has 3 rings (SSSR count). The zero-order chi connectivity index (χ0) is 11.0.